The highest BCUT2D eigenvalue weighted by Gasteiger charge is 2.50. The number of carboxylic acids is 1. The third-order valence-electron chi connectivity index (χ3n) is 8.46. The lowest BCUT2D eigenvalue weighted by Crippen LogP contribution is -2.46. The molecule has 1 aliphatic rings. The van der Waals surface area contributed by atoms with Crippen LogP contribution in [-0.4, -0.2) is 23.7 Å². The van der Waals surface area contributed by atoms with Crippen molar-refractivity contribution in [2.24, 2.45) is 29.1 Å². The fraction of sp³-hybridized carbons (Fsp3) is 0.939. The van der Waals surface area contributed by atoms with Gasteiger partial charge in [0, 0.05) is 0 Å². The maximum atomic E-state index is 13.7. The molecule has 1 saturated carbocycles. The summed E-state index contributed by atoms with van der Waals surface area (Å²) in [6, 6.07) is 0. The summed E-state index contributed by atoms with van der Waals surface area (Å²) in [4.78, 5) is 26.5. The number of carbonyl (C=O) groups is 2. The summed E-state index contributed by atoms with van der Waals surface area (Å²) in [5, 5.41) is 10.5. The van der Waals surface area contributed by atoms with Gasteiger partial charge in [-0.3, -0.25) is 9.59 Å². The molecule has 1 rings (SSSR count). The highest BCUT2D eigenvalue weighted by atomic mass is 16.5. The maximum absolute atomic E-state index is 13.7. The van der Waals surface area contributed by atoms with E-state index in [1.54, 1.807) is 0 Å². The van der Waals surface area contributed by atoms with Crippen LogP contribution in [0, 0.1) is 29.1 Å². The Morgan fingerprint density at radius 2 is 1.30 bits per heavy atom. The number of rotatable bonds is 22. The second-order valence-electron chi connectivity index (χ2n) is 13.0. The van der Waals surface area contributed by atoms with Gasteiger partial charge in [0.05, 0.1) is 17.9 Å². The minimum atomic E-state index is -0.912. The van der Waals surface area contributed by atoms with Crippen molar-refractivity contribution in [3.63, 3.8) is 0 Å². The van der Waals surface area contributed by atoms with Gasteiger partial charge in [-0.25, -0.2) is 0 Å². The number of esters is 1. The summed E-state index contributed by atoms with van der Waals surface area (Å²) >= 11 is 0. The highest BCUT2D eigenvalue weighted by Crippen LogP contribution is 2.46. The monoisotopic (exact) mass is 522 g/mol. The van der Waals surface area contributed by atoms with Crippen LogP contribution in [-0.2, 0) is 14.3 Å². The summed E-state index contributed by atoms with van der Waals surface area (Å²) < 4.78 is 5.85. The van der Waals surface area contributed by atoms with Crippen molar-refractivity contribution < 1.29 is 19.4 Å². The Morgan fingerprint density at radius 3 is 1.76 bits per heavy atom. The predicted octanol–water partition coefficient (Wildman–Crippen LogP) is 9.98. The van der Waals surface area contributed by atoms with Crippen LogP contribution >= 0.6 is 0 Å². The van der Waals surface area contributed by atoms with Crippen LogP contribution in [0.2, 0.25) is 0 Å². The molecule has 37 heavy (non-hydrogen) atoms. The summed E-state index contributed by atoms with van der Waals surface area (Å²) in [6.07, 6.45) is 22.9. The van der Waals surface area contributed by atoms with E-state index in [9.17, 15) is 14.7 Å². The molecule has 1 aliphatic carbocycles. The number of hydrogen-bond acceptors (Lipinski definition) is 3. The van der Waals surface area contributed by atoms with Crippen molar-refractivity contribution in [1.29, 1.82) is 0 Å². The van der Waals surface area contributed by atoms with Gasteiger partial charge in [-0.05, 0) is 37.0 Å². The lowest BCUT2D eigenvalue weighted by molar-refractivity contribution is -0.172. The third-order valence-corrected chi connectivity index (χ3v) is 8.46. The number of ether oxygens (including phenoxy) is 1. The van der Waals surface area contributed by atoms with Gasteiger partial charge < -0.3 is 9.84 Å². The van der Waals surface area contributed by atoms with Crippen LogP contribution in [0.3, 0.4) is 0 Å². The Balaban J connectivity index is 2.77. The second-order valence-corrected chi connectivity index (χ2v) is 13.0. The van der Waals surface area contributed by atoms with Crippen molar-refractivity contribution >= 4 is 11.9 Å². The molecule has 2 unspecified atom stereocenters. The molecule has 0 bridgehead atoms. The SMILES string of the molecule is CCCCCCCCCCCCCCC(CC(C)C)(C(=O)OCC(C)C)C(CC1CCCCC1)C(=O)O. The predicted molar refractivity (Wildman–Crippen MR) is 156 cm³/mol. The number of hydrogen-bond donors (Lipinski definition) is 1. The molecule has 0 aromatic rings. The number of unbranched alkanes of at least 4 members (excludes halogenated alkanes) is 11. The first-order valence-corrected chi connectivity index (χ1v) is 16.1. The van der Waals surface area contributed by atoms with E-state index in [0.717, 1.165) is 25.7 Å². The topological polar surface area (TPSA) is 63.6 Å². The van der Waals surface area contributed by atoms with Crippen molar-refractivity contribution in [2.75, 3.05) is 6.61 Å². The first kappa shape index (κ1) is 34.0. The molecule has 0 spiro atoms. The molecule has 2 atom stereocenters. The first-order chi connectivity index (χ1) is 17.7. The molecule has 0 amide bonds. The van der Waals surface area contributed by atoms with Crippen LogP contribution < -0.4 is 0 Å². The van der Waals surface area contributed by atoms with Crippen molar-refractivity contribution in [2.45, 2.75) is 163 Å². The number of aliphatic carboxylic acids is 1. The normalized spacial score (nSPS) is 17.2. The van der Waals surface area contributed by atoms with Gasteiger partial charge in [0.25, 0.3) is 0 Å². The van der Waals surface area contributed by atoms with E-state index in [-0.39, 0.29) is 17.8 Å². The molecule has 4 heteroatoms. The highest BCUT2D eigenvalue weighted by molar-refractivity contribution is 5.84. The standard InChI is InChI=1S/C33H62O4/c1-6-7-8-9-10-11-12-13-14-15-16-20-23-33(25-27(2)3,32(36)37-26-28(4)5)30(31(34)35)24-29-21-18-17-19-22-29/h27-30H,6-26H2,1-5H3,(H,34,35). The number of carbonyl (C=O) groups excluding carboxylic acids is 1. The molecular formula is C33H62O4. The zero-order valence-corrected chi connectivity index (χ0v) is 25.3. The number of carboxylic acid groups (broad SMARTS) is 1. The molecular weight excluding hydrogens is 460 g/mol. The molecule has 218 valence electrons. The van der Waals surface area contributed by atoms with E-state index in [0.29, 0.717) is 31.8 Å². The van der Waals surface area contributed by atoms with Gasteiger partial charge in [-0.2, -0.15) is 0 Å². The molecule has 0 aliphatic heterocycles. The molecule has 1 N–H and O–H groups in total. The van der Waals surface area contributed by atoms with E-state index in [1.807, 2.05) is 13.8 Å². The Morgan fingerprint density at radius 1 is 0.784 bits per heavy atom. The Kier molecular flexibility index (Phi) is 18.3. The summed E-state index contributed by atoms with van der Waals surface area (Å²) in [7, 11) is 0. The van der Waals surface area contributed by atoms with E-state index >= 15 is 0 Å². The zero-order valence-electron chi connectivity index (χ0n) is 25.3. The molecule has 1 fully saturated rings. The van der Waals surface area contributed by atoms with E-state index in [1.165, 1.54) is 83.5 Å². The average Bonchev–Trinajstić information content (AvgIpc) is 2.86. The van der Waals surface area contributed by atoms with Gasteiger partial charge >= 0.3 is 11.9 Å². The zero-order chi connectivity index (χ0) is 27.5. The maximum Gasteiger partial charge on any atom is 0.312 e. The van der Waals surface area contributed by atoms with Gasteiger partial charge in [-0.15, -0.1) is 0 Å². The minimum Gasteiger partial charge on any atom is -0.481 e. The van der Waals surface area contributed by atoms with Gasteiger partial charge in [0.2, 0.25) is 0 Å². The molecule has 0 saturated heterocycles. The molecule has 0 aromatic carbocycles. The van der Waals surface area contributed by atoms with E-state index in [2.05, 4.69) is 20.8 Å². The van der Waals surface area contributed by atoms with E-state index in [4.69, 9.17) is 4.74 Å². The van der Waals surface area contributed by atoms with Gasteiger partial charge in [0.15, 0.2) is 0 Å². The Hall–Kier alpha value is -1.06. The van der Waals surface area contributed by atoms with Gasteiger partial charge in [0.1, 0.15) is 0 Å². The third kappa shape index (κ3) is 14.1. The first-order valence-electron chi connectivity index (χ1n) is 16.1. The molecule has 0 aromatic heterocycles. The average molecular weight is 523 g/mol. The summed E-state index contributed by atoms with van der Waals surface area (Å²) in [5.41, 5.74) is -0.912. The van der Waals surface area contributed by atoms with Gasteiger partial charge in [-0.1, -0.05) is 144 Å². The molecule has 0 heterocycles. The Labute approximate surface area is 230 Å². The largest absolute Gasteiger partial charge is 0.481 e. The Bertz CT molecular complexity index is 593. The second kappa shape index (κ2) is 19.9. The van der Waals surface area contributed by atoms with Crippen LogP contribution in [0.4, 0.5) is 0 Å². The van der Waals surface area contributed by atoms with Crippen LogP contribution in [0.1, 0.15) is 163 Å². The van der Waals surface area contributed by atoms with Crippen molar-refractivity contribution in [3.05, 3.63) is 0 Å². The molecule has 0 radical (unpaired) electrons. The van der Waals surface area contributed by atoms with Crippen molar-refractivity contribution in [1.82, 2.24) is 0 Å². The van der Waals surface area contributed by atoms with Crippen LogP contribution in [0.25, 0.3) is 0 Å². The lowest BCUT2D eigenvalue weighted by Gasteiger charge is -2.40. The van der Waals surface area contributed by atoms with Crippen molar-refractivity contribution in [3.8, 4) is 0 Å². The van der Waals surface area contributed by atoms with E-state index < -0.39 is 17.3 Å². The quantitative estimate of drug-likeness (QED) is 0.113. The smallest absolute Gasteiger partial charge is 0.312 e. The lowest BCUT2D eigenvalue weighted by atomic mass is 9.63. The minimum absolute atomic E-state index is 0.244. The van der Waals surface area contributed by atoms with Crippen LogP contribution in [0.5, 0.6) is 0 Å². The summed E-state index contributed by atoms with van der Waals surface area (Å²) in [6.45, 7) is 10.9. The van der Waals surface area contributed by atoms with Crippen LogP contribution in [0.15, 0.2) is 0 Å². The molecule has 4 nitrogen and oxygen atoms in total. The summed E-state index contributed by atoms with van der Waals surface area (Å²) in [5.74, 6) is -0.787. The fourth-order valence-electron chi connectivity index (χ4n) is 6.46. The fourth-order valence-corrected chi connectivity index (χ4v) is 6.46.